The van der Waals surface area contributed by atoms with Crippen LogP contribution >= 0.6 is 0 Å². The van der Waals surface area contributed by atoms with Crippen molar-refractivity contribution in [2.45, 2.75) is 46.2 Å². The van der Waals surface area contributed by atoms with Crippen LogP contribution in [0.4, 0.5) is 4.39 Å². The smallest absolute Gasteiger partial charge is 0.328 e. The van der Waals surface area contributed by atoms with Crippen LogP contribution < -0.4 is 11.2 Å². The zero-order chi connectivity index (χ0) is 13.6. The number of hydrogen-bond donors (Lipinski definition) is 1. The van der Waals surface area contributed by atoms with Gasteiger partial charge in [-0.2, -0.15) is 0 Å². The molecule has 4 heteroatoms. The van der Waals surface area contributed by atoms with Gasteiger partial charge in [0.1, 0.15) is 5.82 Å². The van der Waals surface area contributed by atoms with E-state index < -0.39 is 0 Å². The van der Waals surface area contributed by atoms with Gasteiger partial charge in [-0.1, -0.05) is 19.9 Å². The maximum absolute atomic E-state index is 13.5. The Balaban J connectivity index is 2.32. The van der Waals surface area contributed by atoms with Crippen LogP contribution in [-0.4, -0.2) is 12.5 Å². The van der Waals surface area contributed by atoms with Crippen molar-refractivity contribution in [1.82, 2.24) is 0 Å². The highest BCUT2D eigenvalue weighted by Gasteiger charge is 2.49. The van der Waals surface area contributed by atoms with E-state index in [1.165, 1.54) is 6.07 Å². The Labute approximate surface area is 109 Å². The molecule has 1 saturated heterocycles. The fourth-order valence-corrected chi connectivity index (χ4v) is 2.43. The lowest BCUT2D eigenvalue weighted by molar-refractivity contribution is 0.0375. The van der Waals surface area contributed by atoms with Crippen LogP contribution in [-0.2, 0) is 11.2 Å². The van der Waals surface area contributed by atoms with Gasteiger partial charge in [0.05, 0.1) is 5.60 Å². The van der Waals surface area contributed by atoms with Gasteiger partial charge in [0.2, 0.25) is 0 Å². The summed E-state index contributed by atoms with van der Waals surface area (Å²) < 4.78 is 19.6. The monoisotopic (exact) mass is 249 g/mol. The molecule has 0 amide bonds. The molecule has 0 aliphatic carbocycles. The largest absolute Gasteiger partial charge is 0.426 e. The first-order chi connectivity index (χ1) is 8.25. The molecule has 1 aliphatic rings. The minimum atomic E-state index is -0.237. The van der Waals surface area contributed by atoms with Crippen LogP contribution in [0.5, 0.6) is 0 Å². The van der Waals surface area contributed by atoms with Gasteiger partial charge in [-0.25, -0.2) is 4.39 Å². The molecule has 0 unspecified atom stereocenters. The molecule has 1 aromatic rings. The predicted molar refractivity (Wildman–Crippen MR) is 73.4 cm³/mol. The minimum absolute atomic E-state index is 0.0454. The molecule has 1 fully saturated rings. The first-order valence-electron chi connectivity index (χ1n) is 6.42. The lowest BCUT2D eigenvalue weighted by Crippen LogP contribution is -2.36. The quantitative estimate of drug-likeness (QED) is 0.816. The van der Waals surface area contributed by atoms with Gasteiger partial charge >= 0.3 is 6.92 Å². The molecular weight excluding hydrogens is 228 g/mol. The second kappa shape index (κ2) is 4.35. The third-order valence-electron chi connectivity index (χ3n) is 4.35. The maximum atomic E-state index is 13.5. The number of benzene rings is 1. The van der Waals surface area contributed by atoms with Crippen LogP contribution in [0.1, 0.15) is 33.3 Å². The normalized spacial score (nSPS) is 21.3. The van der Waals surface area contributed by atoms with E-state index in [4.69, 9.17) is 10.4 Å². The molecule has 1 aliphatic heterocycles. The van der Waals surface area contributed by atoms with E-state index in [1.807, 2.05) is 6.07 Å². The summed E-state index contributed by atoms with van der Waals surface area (Å²) in [5.74, 6) is -0.237. The minimum Gasteiger partial charge on any atom is -0.426 e. The molecule has 1 aromatic carbocycles. The third kappa shape index (κ3) is 2.32. The molecule has 0 saturated carbocycles. The first kappa shape index (κ1) is 13.6. The predicted octanol–water partition coefficient (Wildman–Crippen LogP) is 2.32. The standard InChI is InChI=1S/C14H21BFNO/c1-13(2)9-15(18-14(13,3)4)11-5-10(8-17)6-12(16)7-11/h5-7H,8-9,17H2,1-4H3. The fourth-order valence-electron chi connectivity index (χ4n) is 2.43. The fraction of sp³-hybridized carbons (Fsp3) is 0.571. The second-order valence-electron chi connectivity index (χ2n) is 6.30. The SMILES string of the molecule is CC1(C)CB(c2cc(F)cc(CN)c2)OC1(C)C. The van der Waals surface area contributed by atoms with Crippen LogP contribution in [0.3, 0.4) is 0 Å². The molecule has 2 nitrogen and oxygen atoms in total. The van der Waals surface area contributed by atoms with Gasteiger partial charge in [-0.05, 0) is 48.7 Å². The van der Waals surface area contributed by atoms with Crippen LogP contribution in [0.15, 0.2) is 18.2 Å². The summed E-state index contributed by atoms with van der Waals surface area (Å²) in [7, 11) is 0. The number of nitrogens with two attached hydrogens (primary N) is 1. The number of halogens is 1. The Morgan fingerprint density at radius 3 is 2.44 bits per heavy atom. The van der Waals surface area contributed by atoms with Crippen molar-refractivity contribution in [3.8, 4) is 0 Å². The number of hydrogen-bond acceptors (Lipinski definition) is 2. The van der Waals surface area contributed by atoms with Crippen molar-refractivity contribution in [2.75, 3.05) is 0 Å². The van der Waals surface area contributed by atoms with Crippen molar-refractivity contribution in [2.24, 2.45) is 11.1 Å². The summed E-state index contributed by atoms with van der Waals surface area (Å²) in [4.78, 5) is 0. The van der Waals surface area contributed by atoms with Gasteiger partial charge in [0, 0.05) is 6.54 Å². The topological polar surface area (TPSA) is 35.2 Å². The molecule has 0 aromatic heterocycles. The molecule has 0 atom stereocenters. The Kier molecular flexibility index (Phi) is 3.28. The lowest BCUT2D eigenvalue weighted by atomic mass is 9.54. The summed E-state index contributed by atoms with van der Waals surface area (Å²) >= 11 is 0. The van der Waals surface area contributed by atoms with Crippen LogP contribution in [0.25, 0.3) is 0 Å². The molecule has 1 heterocycles. The van der Waals surface area contributed by atoms with E-state index in [2.05, 4.69) is 27.7 Å². The highest BCUT2D eigenvalue weighted by Crippen LogP contribution is 2.45. The average molecular weight is 249 g/mol. The zero-order valence-corrected chi connectivity index (χ0v) is 11.6. The molecule has 0 bridgehead atoms. The van der Waals surface area contributed by atoms with E-state index in [-0.39, 0.29) is 23.7 Å². The van der Waals surface area contributed by atoms with Crippen LogP contribution in [0, 0.1) is 11.2 Å². The van der Waals surface area contributed by atoms with Crippen molar-refractivity contribution in [3.63, 3.8) is 0 Å². The molecule has 18 heavy (non-hydrogen) atoms. The Morgan fingerprint density at radius 2 is 1.94 bits per heavy atom. The average Bonchev–Trinajstić information content (AvgIpc) is 2.47. The molecule has 2 N–H and O–H groups in total. The summed E-state index contributed by atoms with van der Waals surface area (Å²) in [5.41, 5.74) is 7.17. The van der Waals surface area contributed by atoms with Gasteiger partial charge in [-0.3, -0.25) is 0 Å². The summed E-state index contributed by atoms with van der Waals surface area (Å²) in [6.45, 7) is 8.87. The highest BCUT2D eigenvalue weighted by molar-refractivity contribution is 6.68. The molecule has 0 spiro atoms. The van der Waals surface area contributed by atoms with Gasteiger partial charge in [-0.15, -0.1) is 0 Å². The Morgan fingerprint density at radius 1 is 1.28 bits per heavy atom. The summed E-state index contributed by atoms with van der Waals surface area (Å²) in [5, 5.41) is 0. The molecule has 2 rings (SSSR count). The molecule has 0 radical (unpaired) electrons. The lowest BCUT2D eigenvalue weighted by Gasteiger charge is -2.34. The third-order valence-corrected chi connectivity index (χ3v) is 4.35. The van der Waals surface area contributed by atoms with Gasteiger partial charge < -0.3 is 10.4 Å². The number of rotatable bonds is 2. The zero-order valence-electron chi connectivity index (χ0n) is 11.6. The van der Waals surface area contributed by atoms with E-state index in [9.17, 15) is 4.39 Å². The molecular formula is C14H21BFNO. The summed E-state index contributed by atoms with van der Waals surface area (Å²) in [6.07, 6.45) is 0.896. The molecule has 98 valence electrons. The van der Waals surface area contributed by atoms with Crippen molar-refractivity contribution in [3.05, 3.63) is 29.6 Å². The van der Waals surface area contributed by atoms with E-state index in [1.54, 1.807) is 6.07 Å². The van der Waals surface area contributed by atoms with E-state index >= 15 is 0 Å². The van der Waals surface area contributed by atoms with Crippen molar-refractivity contribution >= 4 is 12.4 Å². The van der Waals surface area contributed by atoms with Crippen molar-refractivity contribution in [1.29, 1.82) is 0 Å². The van der Waals surface area contributed by atoms with Crippen molar-refractivity contribution < 1.29 is 9.04 Å². The summed E-state index contributed by atoms with van der Waals surface area (Å²) in [6, 6.07) is 4.99. The second-order valence-corrected chi connectivity index (χ2v) is 6.30. The first-order valence-corrected chi connectivity index (χ1v) is 6.42. The Hall–Kier alpha value is -0.865. The Bertz CT molecular complexity index is 443. The van der Waals surface area contributed by atoms with E-state index in [0.717, 1.165) is 17.3 Å². The van der Waals surface area contributed by atoms with Gasteiger partial charge in [0.15, 0.2) is 0 Å². The van der Waals surface area contributed by atoms with Gasteiger partial charge in [0.25, 0.3) is 0 Å². The maximum Gasteiger partial charge on any atom is 0.328 e. The van der Waals surface area contributed by atoms with E-state index in [0.29, 0.717) is 6.54 Å². The van der Waals surface area contributed by atoms with Crippen LogP contribution in [0.2, 0.25) is 6.32 Å². The highest BCUT2D eigenvalue weighted by atomic mass is 19.1.